The Bertz CT molecular complexity index is 388. The van der Waals surface area contributed by atoms with Gasteiger partial charge in [-0.1, -0.05) is 0 Å². The monoisotopic (exact) mass is 228 g/mol. The molecule has 1 N–H and O–H groups in total. The lowest BCUT2D eigenvalue weighted by atomic mass is 10.3. The number of rotatable bonds is 5. The highest BCUT2D eigenvalue weighted by atomic mass is 16.6. The van der Waals surface area contributed by atoms with E-state index in [1.165, 1.54) is 0 Å². The molecule has 0 atom stereocenters. The van der Waals surface area contributed by atoms with Gasteiger partial charge in [0.05, 0.1) is 11.5 Å². The van der Waals surface area contributed by atoms with E-state index in [9.17, 15) is 10.1 Å². The molecule has 0 amide bonds. The van der Waals surface area contributed by atoms with Crippen molar-refractivity contribution in [3.8, 4) is 0 Å². The molecule has 0 aromatic carbocycles. The Morgan fingerprint density at radius 3 is 2.69 bits per heavy atom. The molecule has 0 fully saturated rings. The minimum absolute atomic E-state index is 0.0119. The summed E-state index contributed by atoms with van der Waals surface area (Å²) in [6.07, 6.45) is 0. The Hall–Kier alpha value is -1.63. The highest BCUT2D eigenvalue weighted by molar-refractivity contribution is 5.60. The van der Waals surface area contributed by atoms with Crippen LogP contribution >= 0.6 is 0 Å². The second-order valence-corrected chi connectivity index (χ2v) is 3.48. The van der Waals surface area contributed by atoms with E-state index in [0.29, 0.717) is 24.6 Å². The normalized spacial score (nSPS) is 10.5. The van der Waals surface area contributed by atoms with Gasteiger partial charge in [-0.2, -0.15) is 5.10 Å². The molecular formula is C9H16N4O3. The summed E-state index contributed by atoms with van der Waals surface area (Å²) >= 11 is 0. The van der Waals surface area contributed by atoms with E-state index in [4.69, 9.17) is 5.11 Å². The summed E-state index contributed by atoms with van der Waals surface area (Å²) in [4.78, 5) is 12.2. The summed E-state index contributed by atoms with van der Waals surface area (Å²) in [6, 6.07) is 0. The van der Waals surface area contributed by atoms with Gasteiger partial charge in [0.25, 0.3) is 0 Å². The van der Waals surface area contributed by atoms with E-state index in [0.717, 1.165) is 0 Å². The lowest BCUT2D eigenvalue weighted by molar-refractivity contribution is -0.384. The van der Waals surface area contributed by atoms with Crippen LogP contribution in [0.1, 0.15) is 12.6 Å². The highest BCUT2D eigenvalue weighted by Gasteiger charge is 2.27. The van der Waals surface area contributed by atoms with Crippen LogP contribution in [0.2, 0.25) is 0 Å². The van der Waals surface area contributed by atoms with Gasteiger partial charge in [0.15, 0.2) is 0 Å². The molecule has 0 aliphatic carbocycles. The van der Waals surface area contributed by atoms with Gasteiger partial charge in [-0.3, -0.25) is 10.1 Å². The number of anilines is 1. The maximum Gasteiger partial charge on any atom is 0.333 e. The van der Waals surface area contributed by atoms with Crippen molar-refractivity contribution in [3.05, 3.63) is 15.8 Å². The van der Waals surface area contributed by atoms with Crippen molar-refractivity contribution < 1.29 is 10.0 Å². The van der Waals surface area contributed by atoms with Crippen LogP contribution in [-0.4, -0.2) is 40.0 Å². The SMILES string of the molecule is CCn1nc(C)c([N+](=O)[O-])c1N(C)CCO. The molecule has 0 spiro atoms. The van der Waals surface area contributed by atoms with Crippen LogP contribution < -0.4 is 4.90 Å². The molecule has 1 aromatic heterocycles. The minimum atomic E-state index is -0.433. The fourth-order valence-electron chi connectivity index (χ4n) is 1.63. The number of aromatic nitrogens is 2. The molecule has 0 aliphatic rings. The van der Waals surface area contributed by atoms with E-state index in [1.807, 2.05) is 6.92 Å². The molecular weight excluding hydrogens is 212 g/mol. The topological polar surface area (TPSA) is 84.4 Å². The maximum atomic E-state index is 10.9. The van der Waals surface area contributed by atoms with Gasteiger partial charge in [-0.05, 0) is 13.8 Å². The number of nitro groups is 1. The first kappa shape index (κ1) is 12.4. The van der Waals surface area contributed by atoms with Crippen molar-refractivity contribution >= 4 is 11.5 Å². The Labute approximate surface area is 93.4 Å². The summed E-state index contributed by atoms with van der Waals surface area (Å²) in [5, 5.41) is 23.9. The average Bonchev–Trinajstić information content (AvgIpc) is 2.55. The average molecular weight is 228 g/mol. The van der Waals surface area contributed by atoms with E-state index < -0.39 is 4.92 Å². The van der Waals surface area contributed by atoms with Crippen molar-refractivity contribution in [2.45, 2.75) is 20.4 Å². The predicted molar refractivity (Wildman–Crippen MR) is 59.6 cm³/mol. The molecule has 16 heavy (non-hydrogen) atoms. The lowest BCUT2D eigenvalue weighted by Gasteiger charge is -2.17. The van der Waals surface area contributed by atoms with Gasteiger partial charge in [-0.15, -0.1) is 0 Å². The number of nitrogens with zero attached hydrogens (tertiary/aromatic N) is 4. The largest absolute Gasteiger partial charge is 0.395 e. The Balaban J connectivity index is 3.26. The summed E-state index contributed by atoms with van der Waals surface area (Å²) in [7, 11) is 1.70. The van der Waals surface area contributed by atoms with Gasteiger partial charge in [-0.25, -0.2) is 4.68 Å². The Morgan fingerprint density at radius 1 is 1.62 bits per heavy atom. The zero-order chi connectivity index (χ0) is 12.3. The smallest absolute Gasteiger partial charge is 0.333 e. The van der Waals surface area contributed by atoms with Gasteiger partial charge < -0.3 is 10.0 Å². The summed E-state index contributed by atoms with van der Waals surface area (Å²) < 4.78 is 1.57. The fraction of sp³-hybridized carbons (Fsp3) is 0.667. The molecule has 0 unspecified atom stereocenters. The number of aryl methyl sites for hydroxylation is 2. The number of hydrogen-bond donors (Lipinski definition) is 1. The summed E-state index contributed by atoms with van der Waals surface area (Å²) in [5.74, 6) is 0.444. The Morgan fingerprint density at radius 2 is 2.25 bits per heavy atom. The molecule has 1 heterocycles. The second kappa shape index (κ2) is 4.93. The van der Waals surface area contributed by atoms with Gasteiger partial charge in [0, 0.05) is 20.1 Å². The molecule has 0 saturated heterocycles. The molecule has 7 heteroatoms. The highest BCUT2D eigenvalue weighted by Crippen LogP contribution is 2.30. The molecule has 0 aliphatic heterocycles. The Kier molecular flexibility index (Phi) is 3.83. The third kappa shape index (κ3) is 2.13. The maximum absolute atomic E-state index is 10.9. The van der Waals surface area contributed by atoms with Gasteiger partial charge in [0.1, 0.15) is 5.69 Å². The van der Waals surface area contributed by atoms with Crippen molar-refractivity contribution in [1.29, 1.82) is 0 Å². The van der Waals surface area contributed by atoms with Crippen LogP contribution in [0.25, 0.3) is 0 Å². The third-order valence-corrected chi connectivity index (χ3v) is 2.35. The molecule has 0 saturated carbocycles. The van der Waals surface area contributed by atoms with E-state index in [-0.39, 0.29) is 12.3 Å². The zero-order valence-electron chi connectivity index (χ0n) is 9.67. The van der Waals surface area contributed by atoms with Crippen LogP contribution in [0.3, 0.4) is 0 Å². The van der Waals surface area contributed by atoms with Crippen LogP contribution in [0.4, 0.5) is 11.5 Å². The first-order valence-corrected chi connectivity index (χ1v) is 5.06. The minimum Gasteiger partial charge on any atom is -0.395 e. The number of aliphatic hydroxyl groups is 1. The van der Waals surface area contributed by atoms with E-state index >= 15 is 0 Å². The van der Waals surface area contributed by atoms with Crippen molar-refractivity contribution in [1.82, 2.24) is 9.78 Å². The third-order valence-electron chi connectivity index (χ3n) is 2.35. The van der Waals surface area contributed by atoms with E-state index in [1.54, 1.807) is 23.6 Å². The zero-order valence-corrected chi connectivity index (χ0v) is 9.67. The summed E-state index contributed by atoms with van der Waals surface area (Å²) in [6.45, 7) is 4.32. The van der Waals surface area contributed by atoms with Gasteiger partial charge >= 0.3 is 5.69 Å². The molecule has 1 rings (SSSR count). The number of aliphatic hydroxyl groups excluding tert-OH is 1. The quantitative estimate of drug-likeness (QED) is 0.587. The number of likely N-dealkylation sites (N-methyl/N-ethyl adjacent to an activating group) is 1. The molecule has 1 aromatic rings. The van der Waals surface area contributed by atoms with Crippen molar-refractivity contribution in [2.24, 2.45) is 0 Å². The van der Waals surface area contributed by atoms with Crippen LogP contribution in [-0.2, 0) is 6.54 Å². The fourth-order valence-corrected chi connectivity index (χ4v) is 1.63. The first-order valence-electron chi connectivity index (χ1n) is 5.06. The summed E-state index contributed by atoms with van der Waals surface area (Å²) in [5.41, 5.74) is 0.407. The van der Waals surface area contributed by atoms with Gasteiger partial charge in [0.2, 0.25) is 5.82 Å². The van der Waals surface area contributed by atoms with Crippen LogP contribution in [0.15, 0.2) is 0 Å². The molecule has 90 valence electrons. The molecule has 0 bridgehead atoms. The molecule has 7 nitrogen and oxygen atoms in total. The first-order chi connectivity index (χ1) is 7.52. The van der Waals surface area contributed by atoms with E-state index in [2.05, 4.69) is 5.10 Å². The van der Waals surface area contributed by atoms with Crippen LogP contribution in [0.5, 0.6) is 0 Å². The second-order valence-electron chi connectivity index (χ2n) is 3.48. The van der Waals surface area contributed by atoms with Crippen molar-refractivity contribution in [3.63, 3.8) is 0 Å². The molecule has 0 radical (unpaired) electrons. The lowest BCUT2D eigenvalue weighted by Crippen LogP contribution is -2.24. The van der Waals surface area contributed by atoms with Crippen molar-refractivity contribution in [2.75, 3.05) is 25.1 Å². The standard InChI is InChI=1S/C9H16N4O3/c1-4-12-9(11(3)5-6-14)8(13(15)16)7(2)10-12/h14H,4-6H2,1-3H3. The van der Waals surface area contributed by atoms with Crippen LogP contribution in [0, 0.1) is 17.0 Å². The number of hydrogen-bond acceptors (Lipinski definition) is 5. The predicted octanol–water partition coefficient (Wildman–Crippen LogP) is 0.548.